The summed E-state index contributed by atoms with van der Waals surface area (Å²) in [6, 6.07) is 0. The highest BCUT2D eigenvalue weighted by atomic mass is 15.2. The maximum atomic E-state index is 6.20. The monoisotopic (exact) mass is 254 g/mol. The highest BCUT2D eigenvalue weighted by Crippen LogP contribution is 2.45. The lowest BCUT2D eigenvalue weighted by molar-refractivity contribution is -0.00335. The van der Waals surface area contributed by atoms with Gasteiger partial charge in [-0.3, -0.25) is 4.90 Å². The van der Waals surface area contributed by atoms with Gasteiger partial charge in [0.15, 0.2) is 0 Å². The third-order valence-corrected chi connectivity index (χ3v) is 4.91. The lowest BCUT2D eigenvalue weighted by atomic mass is 9.63. The van der Waals surface area contributed by atoms with Gasteiger partial charge in [-0.2, -0.15) is 0 Å². The zero-order valence-corrected chi connectivity index (χ0v) is 13.4. The van der Waals surface area contributed by atoms with Crippen molar-refractivity contribution in [2.75, 3.05) is 20.1 Å². The highest BCUT2D eigenvalue weighted by Gasteiger charge is 2.44. The molecule has 1 aliphatic rings. The summed E-state index contributed by atoms with van der Waals surface area (Å²) in [5.74, 6) is 1.55. The van der Waals surface area contributed by atoms with Crippen LogP contribution in [0.1, 0.15) is 60.3 Å². The summed E-state index contributed by atoms with van der Waals surface area (Å²) in [5.41, 5.74) is 6.86. The average Bonchev–Trinajstić information content (AvgIpc) is 2.25. The first kappa shape index (κ1) is 16.0. The minimum Gasteiger partial charge on any atom is -0.329 e. The molecule has 0 radical (unpaired) electrons. The minimum absolute atomic E-state index is 0.227. The van der Waals surface area contributed by atoms with Crippen molar-refractivity contribution in [3.05, 3.63) is 0 Å². The Morgan fingerprint density at radius 3 is 2.39 bits per heavy atom. The number of likely N-dealkylation sites (N-methyl/N-ethyl adjacent to an activating group) is 1. The first-order chi connectivity index (χ1) is 8.24. The molecule has 0 bridgehead atoms. The van der Waals surface area contributed by atoms with Crippen LogP contribution in [0, 0.1) is 17.3 Å². The van der Waals surface area contributed by atoms with Gasteiger partial charge in [-0.15, -0.1) is 0 Å². The Balaban J connectivity index is 2.83. The van der Waals surface area contributed by atoms with Crippen molar-refractivity contribution in [1.82, 2.24) is 4.90 Å². The van der Waals surface area contributed by atoms with Crippen LogP contribution in [-0.4, -0.2) is 30.6 Å². The van der Waals surface area contributed by atoms with Crippen molar-refractivity contribution >= 4 is 0 Å². The van der Waals surface area contributed by atoms with E-state index in [-0.39, 0.29) is 5.54 Å². The molecule has 2 nitrogen and oxygen atoms in total. The summed E-state index contributed by atoms with van der Waals surface area (Å²) >= 11 is 0. The van der Waals surface area contributed by atoms with Gasteiger partial charge in [0.1, 0.15) is 0 Å². The van der Waals surface area contributed by atoms with E-state index in [1.54, 1.807) is 0 Å². The van der Waals surface area contributed by atoms with E-state index in [0.717, 1.165) is 18.4 Å². The van der Waals surface area contributed by atoms with Gasteiger partial charge in [0.05, 0.1) is 0 Å². The molecule has 0 saturated heterocycles. The normalized spacial score (nSPS) is 33.7. The van der Waals surface area contributed by atoms with Crippen molar-refractivity contribution in [3.63, 3.8) is 0 Å². The summed E-state index contributed by atoms with van der Waals surface area (Å²) in [7, 11) is 2.28. The van der Waals surface area contributed by atoms with Gasteiger partial charge < -0.3 is 5.73 Å². The molecule has 2 heteroatoms. The molecule has 3 atom stereocenters. The summed E-state index contributed by atoms with van der Waals surface area (Å²) in [4.78, 5) is 2.57. The van der Waals surface area contributed by atoms with Crippen LogP contribution in [0.2, 0.25) is 0 Å². The molecule has 0 aromatic carbocycles. The van der Waals surface area contributed by atoms with Crippen LogP contribution in [0.25, 0.3) is 0 Å². The molecule has 3 unspecified atom stereocenters. The van der Waals surface area contributed by atoms with Gasteiger partial charge in [-0.25, -0.2) is 0 Å². The Labute approximate surface area is 114 Å². The van der Waals surface area contributed by atoms with E-state index in [1.165, 1.54) is 32.2 Å². The molecule has 0 spiro atoms. The van der Waals surface area contributed by atoms with Gasteiger partial charge >= 0.3 is 0 Å². The second kappa shape index (κ2) is 5.92. The van der Waals surface area contributed by atoms with Crippen molar-refractivity contribution in [1.29, 1.82) is 0 Å². The molecule has 1 aliphatic carbocycles. The topological polar surface area (TPSA) is 29.3 Å². The summed E-state index contributed by atoms with van der Waals surface area (Å²) in [6.45, 7) is 13.8. The van der Waals surface area contributed by atoms with E-state index in [9.17, 15) is 0 Å². The first-order valence-corrected chi connectivity index (χ1v) is 7.66. The van der Waals surface area contributed by atoms with Crippen LogP contribution in [0.15, 0.2) is 0 Å². The summed E-state index contributed by atoms with van der Waals surface area (Å²) in [5, 5.41) is 0. The second-order valence-corrected chi connectivity index (χ2v) is 7.68. The minimum atomic E-state index is 0.227. The van der Waals surface area contributed by atoms with Gasteiger partial charge in [0.2, 0.25) is 0 Å². The van der Waals surface area contributed by atoms with Crippen LogP contribution in [0.5, 0.6) is 0 Å². The number of hydrogen-bond donors (Lipinski definition) is 1. The van der Waals surface area contributed by atoms with E-state index in [4.69, 9.17) is 5.73 Å². The van der Waals surface area contributed by atoms with Crippen molar-refractivity contribution in [2.24, 2.45) is 23.0 Å². The van der Waals surface area contributed by atoms with Gasteiger partial charge in [-0.1, -0.05) is 41.0 Å². The molecule has 1 rings (SSSR count). The molecule has 108 valence electrons. The Hall–Kier alpha value is -0.0800. The molecule has 1 saturated carbocycles. The fourth-order valence-electron chi connectivity index (χ4n) is 4.09. The average molecular weight is 254 g/mol. The van der Waals surface area contributed by atoms with E-state index >= 15 is 0 Å². The highest BCUT2D eigenvalue weighted by molar-refractivity contribution is 5.00. The largest absolute Gasteiger partial charge is 0.329 e. The molecular weight excluding hydrogens is 220 g/mol. The van der Waals surface area contributed by atoms with E-state index in [2.05, 4.69) is 46.6 Å². The lowest BCUT2D eigenvalue weighted by Crippen LogP contribution is -2.58. The lowest BCUT2D eigenvalue weighted by Gasteiger charge is -2.52. The predicted molar refractivity (Wildman–Crippen MR) is 80.7 cm³/mol. The molecule has 0 aliphatic heterocycles. The van der Waals surface area contributed by atoms with Crippen LogP contribution < -0.4 is 5.73 Å². The van der Waals surface area contributed by atoms with Gasteiger partial charge in [0, 0.05) is 18.6 Å². The molecule has 0 aromatic heterocycles. The quantitative estimate of drug-likeness (QED) is 0.813. The number of nitrogens with zero attached hydrogens (tertiary/aromatic N) is 1. The third-order valence-electron chi connectivity index (χ3n) is 4.91. The zero-order chi connectivity index (χ0) is 14.0. The van der Waals surface area contributed by atoms with Crippen molar-refractivity contribution in [2.45, 2.75) is 65.8 Å². The molecule has 18 heavy (non-hydrogen) atoms. The molecule has 0 amide bonds. The third kappa shape index (κ3) is 3.71. The van der Waals surface area contributed by atoms with Gasteiger partial charge in [0.25, 0.3) is 0 Å². The fraction of sp³-hybridized carbons (Fsp3) is 1.00. The van der Waals surface area contributed by atoms with E-state index in [0.29, 0.717) is 5.41 Å². The van der Waals surface area contributed by atoms with Crippen LogP contribution in [-0.2, 0) is 0 Å². The summed E-state index contributed by atoms with van der Waals surface area (Å²) < 4.78 is 0. The molecule has 0 aromatic rings. The van der Waals surface area contributed by atoms with Crippen LogP contribution >= 0.6 is 0 Å². The predicted octanol–water partition coefficient (Wildman–Crippen LogP) is 3.51. The Morgan fingerprint density at radius 2 is 1.94 bits per heavy atom. The maximum absolute atomic E-state index is 6.20. The smallest absolute Gasteiger partial charge is 0.0336 e. The molecule has 1 fully saturated rings. The van der Waals surface area contributed by atoms with Gasteiger partial charge in [-0.05, 0) is 43.6 Å². The molecule has 2 N–H and O–H groups in total. The SMILES string of the molecule is CCC(C)CN(C)C1(CN)CC(C)CC(C)(C)C1. The molecular formula is C16H34N2. The number of hydrogen-bond acceptors (Lipinski definition) is 2. The van der Waals surface area contributed by atoms with E-state index < -0.39 is 0 Å². The number of nitrogens with two attached hydrogens (primary N) is 1. The standard InChI is InChI=1S/C16H34N2/c1-7-13(2)10-18(6)16(12-17)9-14(3)8-15(4,5)11-16/h13-14H,7-12,17H2,1-6H3. The van der Waals surface area contributed by atoms with Crippen molar-refractivity contribution < 1.29 is 0 Å². The Morgan fingerprint density at radius 1 is 1.33 bits per heavy atom. The maximum Gasteiger partial charge on any atom is 0.0336 e. The fourth-order valence-corrected chi connectivity index (χ4v) is 4.09. The Bertz CT molecular complexity index is 262. The Kier molecular flexibility index (Phi) is 5.25. The van der Waals surface area contributed by atoms with E-state index in [1.807, 2.05) is 0 Å². The molecule has 0 heterocycles. The summed E-state index contributed by atoms with van der Waals surface area (Å²) in [6.07, 6.45) is 5.10. The first-order valence-electron chi connectivity index (χ1n) is 7.66. The second-order valence-electron chi connectivity index (χ2n) is 7.68. The zero-order valence-electron chi connectivity index (χ0n) is 13.4. The van der Waals surface area contributed by atoms with Crippen LogP contribution in [0.4, 0.5) is 0 Å². The number of rotatable bonds is 5. The van der Waals surface area contributed by atoms with Crippen molar-refractivity contribution in [3.8, 4) is 0 Å². The van der Waals surface area contributed by atoms with Crippen LogP contribution in [0.3, 0.4) is 0 Å².